The first-order chi connectivity index (χ1) is 5.24. The van der Waals surface area contributed by atoms with Gasteiger partial charge in [-0.3, -0.25) is 0 Å². The second-order valence-electron chi connectivity index (χ2n) is 2.25. The fraction of sp³-hybridized carbons (Fsp3) is 0.333. The SMILES string of the molecule is [CH3][Al][CH2]c1cnc(N)nc1N. The molecule has 0 atom stereocenters. The summed E-state index contributed by atoms with van der Waals surface area (Å²) in [6.45, 7) is 0. The lowest BCUT2D eigenvalue weighted by molar-refractivity contribution is 1.14. The van der Waals surface area contributed by atoms with Crippen LogP contribution in [0.5, 0.6) is 0 Å². The van der Waals surface area contributed by atoms with E-state index in [4.69, 9.17) is 11.5 Å². The fourth-order valence-corrected chi connectivity index (χ4v) is 1.57. The Kier molecular flexibility index (Phi) is 2.69. The molecule has 0 saturated heterocycles. The van der Waals surface area contributed by atoms with Gasteiger partial charge < -0.3 is 11.5 Å². The summed E-state index contributed by atoms with van der Waals surface area (Å²) in [6.07, 6.45) is 1.70. The van der Waals surface area contributed by atoms with Crippen LogP contribution in [0.1, 0.15) is 5.56 Å². The Labute approximate surface area is 71.7 Å². The van der Waals surface area contributed by atoms with E-state index in [0.717, 1.165) is 10.8 Å². The number of nitrogen functional groups attached to an aromatic ring is 2. The van der Waals surface area contributed by atoms with Crippen LogP contribution in [0.4, 0.5) is 11.8 Å². The summed E-state index contributed by atoms with van der Waals surface area (Å²) >= 11 is 0.404. The summed E-state index contributed by atoms with van der Waals surface area (Å²) in [5.41, 5.74) is 11.9. The van der Waals surface area contributed by atoms with E-state index in [0.29, 0.717) is 21.0 Å². The van der Waals surface area contributed by atoms with Crippen LogP contribution >= 0.6 is 0 Å². The molecule has 57 valence electrons. The fourth-order valence-electron chi connectivity index (χ4n) is 0.811. The van der Waals surface area contributed by atoms with Gasteiger partial charge in [0.15, 0.2) is 0 Å². The molecule has 1 rings (SSSR count). The van der Waals surface area contributed by atoms with E-state index in [1.807, 2.05) is 0 Å². The van der Waals surface area contributed by atoms with Gasteiger partial charge in [-0.2, -0.15) is 4.98 Å². The molecular formula is C6H10AlN4. The zero-order chi connectivity index (χ0) is 8.27. The van der Waals surface area contributed by atoms with Gasteiger partial charge in [0.05, 0.1) is 0 Å². The molecule has 0 bridgehead atoms. The average molecular weight is 165 g/mol. The highest BCUT2D eigenvalue weighted by Crippen LogP contribution is 2.07. The number of aromatic nitrogens is 2. The third kappa shape index (κ3) is 2.07. The van der Waals surface area contributed by atoms with Crippen LogP contribution in [0.2, 0.25) is 5.79 Å². The highest BCUT2D eigenvalue weighted by Gasteiger charge is 1.99. The van der Waals surface area contributed by atoms with E-state index in [2.05, 4.69) is 15.8 Å². The summed E-state index contributed by atoms with van der Waals surface area (Å²) < 4.78 is 0. The maximum absolute atomic E-state index is 5.59. The predicted molar refractivity (Wildman–Crippen MR) is 46.2 cm³/mol. The van der Waals surface area contributed by atoms with Gasteiger partial charge in [0.2, 0.25) is 21.2 Å². The highest BCUT2D eigenvalue weighted by atomic mass is 27.1. The van der Waals surface area contributed by atoms with Gasteiger partial charge in [0.25, 0.3) is 0 Å². The first kappa shape index (κ1) is 8.31. The Morgan fingerprint density at radius 1 is 1.55 bits per heavy atom. The van der Waals surface area contributed by atoms with Crippen LogP contribution in [-0.2, 0) is 5.28 Å². The van der Waals surface area contributed by atoms with Crippen molar-refractivity contribution in [3.05, 3.63) is 11.8 Å². The molecule has 0 spiro atoms. The molecule has 1 radical (unpaired) electrons. The minimum absolute atomic E-state index is 0.248. The molecule has 0 aliphatic carbocycles. The first-order valence-electron chi connectivity index (χ1n) is 3.38. The van der Waals surface area contributed by atoms with Crippen molar-refractivity contribution in [1.82, 2.24) is 9.97 Å². The van der Waals surface area contributed by atoms with Crippen LogP contribution in [0.15, 0.2) is 6.20 Å². The van der Waals surface area contributed by atoms with Gasteiger partial charge in [0.1, 0.15) is 5.82 Å². The lowest BCUT2D eigenvalue weighted by Crippen LogP contribution is -2.04. The average Bonchev–Trinajstić information content (AvgIpc) is 1.95. The van der Waals surface area contributed by atoms with Gasteiger partial charge in [-0.25, -0.2) is 4.98 Å². The first-order valence-corrected chi connectivity index (χ1v) is 5.36. The Hall–Kier alpha value is -0.788. The van der Waals surface area contributed by atoms with E-state index in [9.17, 15) is 0 Å². The Morgan fingerprint density at radius 2 is 2.27 bits per heavy atom. The van der Waals surface area contributed by atoms with Crippen molar-refractivity contribution in [2.75, 3.05) is 11.5 Å². The standard InChI is InChI=1S/C5H7N4.CH3.Al/c1-3-2-8-5(7)9-4(3)6;;/h2H,1H2,(H4,6,7,8,9);1H3;. The quantitative estimate of drug-likeness (QED) is 0.599. The summed E-state index contributed by atoms with van der Waals surface area (Å²) in [5, 5.41) is 0.992. The second kappa shape index (κ2) is 3.56. The second-order valence-corrected chi connectivity index (χ2v) is 3.48. The lowest BCUT2D eigenvalue weighted by atomic mass is 10.3. The number of nitrogens with two attached hydrogens (primary N) is 2. The van der Waals surface area contributed by atoms with Crippen molar-refractivity contribution >= 4 is 27.0 Å². The zero-order valence-corrected chi connectivity index (χ0v) is 7.57. The summed E-state index contributed by atoms with van der Waals surface area (Å²) in [4.78, 5) is 7.71. The van der Waals surface area contributed by atoms with Gasteiger partial charge in [-0.1, -0.05) is 5.28 Å². The van der Waals surface area contributed by atoms with Crippen molar-refractivity contribution < 1.29 is 0 Å². The van der Waals surface area contributed by atoms with E-state index < -0.39 is 0 Å². The Bertz CT molecular complexity index is 250. The van der Waals surface area contributed by atoms with Gasteiger partial charge in [0, 0.05) is 6.20 Å². The minimum atomic E-state index is 0.248. The zero-order valence-electron chi connectivity index (χ0n) is 6.41. The van der Waals surface area contributed by atoms with E-state index in [1.54, 1.807) is 6.20 Å². The molecule has 1 aromatic rings. The maximum atomic E-state index is 5.59. The topological polar surface area (TPSA) is 77.8 Å². The van der Waals surface area contributed by atoms with Crippen LogP contribution in [-0.4, -0.2) is 25.2 Å². The normalized spacial score (nSPS) is 9.55. The number of rotatable bonds is 2. The molecule has 0 aromatic carbocycles. The number of hydrogen-bond donors (Lipinski definition) is 2. The molecule has 4 nitrogen and oxygen atoms in total. The molecule has 0 unspecified atom stereocenters. The largest absolute Gasteiger partial charge is 0.383 e. The molecule has 1 aromatic heterocycles. The van der Waals surface area contributed by atoms with E-state index >= 15 is 0 Å². The Balaban J connectivity index is 2.90. The van der Waals surface area contributed by atoms with Crippen molar-refractivity contribution in [3.8, 4) is 0 Å². The number of hydrogen-bond acceptors (Lipinski definition) is 4. The third-order valence-electron chi connectivity index (χ3n) is 1.34. The predicted octanol–water partition coefficient (Wildman–Crippen LogP) is -0.107. The monoisotopic (exact) mass is 165 g/mol. The smallest absolute Gasteiger partial charge is 0.221 e. The summed E-state index contributed by atoms with van der Waals surface area (Å²) in [7, 11) is 0. The molecule has 0 amide bonds. The van der Waals surface area contributed by atoms with Gasteiger partial charge in [-0.05, 0) is 5.56 Å². The van der Waals surface area contributed by atoms with Crippen molar-refractivity contribution in [1.29, 1.82) is 0 Å². The van der Waals surface area contributed by atoms with Crippen molar-refractivity contribution in [2.45, 2.75) is 11.1 Å². The van der Waals surface area contributed by atoms with E-state index in [-0.39, 0.29) is 5.95 Å². The molecule has 0 aliphatic rings. The number of nitrogens with zero attached hydrogens (tertiary/aromatic N) is 2. The van der Waals surface area contributed by atoms with E-state index in [1.165, 1.54) is 0 Å². The van der Waals surface area contributed by atoms with Crippen molar-refractivity contribution in [3.63, 3.8) is 0 Å². The molecule has 1 heterocycles. The molecule has 11 heavy (non-hydrogen) atoms. The molecule has 0 saturated carbocycles. The molecule has 0 fully saturated rings. The van der Waals surface area contributed by atoms with Gasteiger partial charge >= 0.3 is 0 Å². The Morgan fingerprint density at radius 3 is 2.82 bits per heavy atom. The minimum Gasteiger partial charge on any atom is -0.383 e. The van der Waals surface area contributed by atoms with Crippen molar-refractivity contribution in [2.24, 2.45) is 0 Å². The highest BCUT2D eigenvalue weighted by molar-refractivity contribution is 6.33. The van der Waals surface area contributed by atoms with Crippen LogP contribution in [0, 0.1) is 0 Å². The molecular weight excluding hydrogens is 155 g/mol. The molecule has 4 N–H and O–H groups in total. The van der Waals surface area contributed by atoms with Crippen LogP contribution < -0.4 is 11.5 Å². The van der Waals surface area contributed by atoms with Crippen LogP contribution in [0.25, 0.3) is 0 Å². The maximum Gasteiger partial charge on any atom is 0.221 e. The van der Waals surface area contributed by atoms with Gasteiger partial charge in [-0.15, -0.1) is 5.79 Å². The summed E-state index contributed by atoms with van der Waals surface area (Å²) in [6, 6.07) is 0. The summed E-state index contributed by atoms with van der Waals surface area (Å²) in [5.74, 6) is 2.93. The third-order valence-corrected chi connectivity index (χ3v) is 2.19. The molecule has 0 aliphatic heterocycles. The lowest BCUT2D eigenvalue weighted by Gasteiger charge is -2.01. The molecule has 5 heteroatoms. The van der Waals surface area contributed by atoms with Crippen LogP contribution in [0.3, 0.4) is 0 Å². The number of anilines is 2.